The Hall–Kier alpha value is -0.570. The second kappa shape index (κ2) is 8.52. The van der Waals surface area contributed by atoms with Crippen LogP contribution in [0.15, 0.2) is 22.7 Å². The second-order valence-electron chi connectivity index (χ2n) is 3.79. The maximum Gasteiger partial charge on any atom is 0.0640 e. The van der Waals surface area contributed by atoms with Crippen molar-refractivity contribution in [1.82, 2.24) is 0 Å². The number of hydrogen-bond acceptors (Lipinski definition) is 3. The van der Waals surface area contributed by atoms with Crippen LogP contribution in [0.2, 0.25) is 0 Å². The summed E-state index contributed by atoms with van der Waals surface area (Å²) in [5, 5.41) is 9.54. The smallest absolute Gasteiger partial charge is 0.0640 e. The van der Waals surface area contributed by atoms with E-state index in [2.05, 4.69) is 55.0 Å². The number of halogens is 2. The van der Waals surface area contributed by atoms with Crippen LogP contribution in [0, 0.1) is 11.3 Å². The van der Waals surface area contributed by atoms with Crippen molar-refractivity contribution in [2.24, 2.45) is 0 Å². The van der Waals surface area contributed by atoms with Crippen LogP contribution in [0.1, 0.15) is 12.0 Å². The molecule has 0 atom stereocenters. The largest absolute Gasteiger partial charge is 0.383 e. The highest BCUT2D eigenvalue weighted by Crippen LogP contribution is 2.27. The van der Waals surface area contributed by atoms with E-state index >= 15 is 0 Å². The minimum atomic E-state index is 0.512. The molecule has 18 heavy (non-hydrogen) atoms. The number of nitriles is 1. The van der Waals surface area contributed by atoms with Crippen LogP contribution in [-0.4, -0.2) is 26.8 Å². The van der Waals surface area contributed by atoms with E-state index in [1.54, 1.807) is 7.11 Å². The highest BCUT2D eigenvalue weighted by atomic mass is 79.9. The van der Waals surface area contributed by atoms with Crippen molar-refractivity contribution in [1.29, 1.82) is 5.26 Å². The van der Waals surface area contributed by atoms with E-state index in [9.17, 15) is 0 Å². The van der Waals surface area contributed by atoms with Gasteiger partial charge in [0.1, 0.15) is 0 Å². The van der Waals surface area contributed by atoms with Crippen molar-refractivity contribution in [2.75, 3.05) is 31.7 Å². The van der Waals surface area contributed by atoms with Gasteiger partial charge in [0.05, 0.1) is 19.1 Å². The second-order valence-corrected chi connectivity index (χ2v) is 5.27. The average molecular weight is 376 g/mol. The predicted molar refractivity (Wildman–Crippen MR) is 81.1 cm³/mol. The van der Waals surface area contributed by atoms with Crippen molar-refractivity contribution in [3.63, 3.8) is 0 Å². The summed E-state index contributed by atoms with van der Waals surface area (Å²) in [7, 11) is 1.69. The zero-order chi connectivity index (χ0) is 13.4. The molecule has 0 saturated heterocycles. The lowest BCUT2D eigenvalue weighted by atomic mass is 10.1. The molecule has 0 spiro atoms. The average Bonchev–Trinajstić information content (AvgIpc) is 2.39. The summed E-state index contributed by atoms with van der Waals surface area (Å²) in [5.41, 5.74) is 2.36. The molecule has 0 radical (unpaired) electrons. The molecule has 0 aromatic heterocycles. The summed E-state index contributed by atoms with van der Waals surface area (Å²) < 4.78 is 6.17. The summed E-state index contributed by atoms with van der Waals surface area (Å²) in [4.78, 5) is 2.19. The van der Waals surface area contributed by atoms with Gasteiger partial charge in [-0.1, -0.05) is 37.9 Å². The minimum absolute atomic E-state index is 0.512. The molecule has 0 N–H and O–H groups in total. The molecule has 0 amide bonds. The number of rotatable bonds is 7. The first-order valence-electron chi connectivity index (χ1n) is 5.68. The van der Waals surface area contributed by atoms with Crippen LogP contribution < -0.4 is 4.90 Å². The molecule has 1 rings (SSSR count). The Morgan fingerprint density at radius 3 is 2.78 bits per heavy atom. The summed E-state index contributed by atoms with van der Waals surface area (Å²) in [6.45, 7) is 2.16. The van der Waals surface area contributed by atoms with Gasteiger partial charge in [-0.15, -0.1) is 0 Å². The van der Waals surface area contributed by atoms with Crippen LogP contribution in [-0.2, 0) is 10.1 Å². The molecule has 0 saturated carbocycles. The molecule has 0 heterocycles. The molecule has 0 bridgehead atoms. The molecule has 5 heteroatoms. The lowest BCUT2D eigenvalue weighted by molar-refractivity contribution is 0.205. The maximum absolute atomic E-state index is 8.74. The van der Waals surface area contributed by atoms with Gasteiger partial charge in [0, 0.05) is 35.7 Å². The van der Waals surface area contributed by atoms with Crippen LogP contribution in [0.25, 0.3) is 0 Å². The normalized spacial score (nSPS) is 10.1. The Morgan fingerprint density at radius 2 is 2.17 bits per heavy atom. The van der Waals surface area contributed by atoms with Crippen molar-refractivity contribution in [3.05, 3.63) is 28.2 Å². The fourth-order valence-electron chi connectivity index (χ4n) is 1.68. The first kappa shape index (κ1) is 15.5. The number of benzene rings is 1. The number of alkyl halides is 1. The fourth-order valence-corrected chi connectivity index (χ4v) is 2.51. The first-order valence-corrected chi connectivity index (χ1v) is 7.59. The Morgan fingerprint density at radius 1 is 1.39 bits per heavy atom. The molecule has 0 aliphatic heterocycles. The van der Waals surface area contributed by atoms with E-state index in [-0.39, 0.29) is 0 Å². The Labute approximate surface area is 125 Å². The number of nitrogens with zero attached hydrogens (tertiary/aromatic N) is 2. The lowest BCUT2D eigenvalue weighted by Crippen LogP contribution is -2.29. The predicted octanol–water partition coefficient (Wildman–Crippen LogP) is 3.71. The van der Waals surface area contributed by atoms with Gasteiger partial charge in [0.2, 0.25) is 0 Å². The van der Waals surface area contributed by atoms with E-state index in [1.807, 2.05) is 6.07 Å². The molecular formula is C13H16Br2N2O. The minimum Gasteiger partial charge on any atom is -0.383 e. The first-order chi connectivity index (χ1) is 8.72. The SMILES string of the molecule is COCCN(CCC#N)c1cc(Br)ccc1CBr. The third-order valence-electron chi connectivity index (χ3n) is 2.59. The molecular weight excluding hydrogens is 360 g/mol. The highest BCUT2D eigenvalue weighted by molar-refractivity contribution is 9.10. The summed E-state index contributed by atoms with van der Waals surface area (Å²) >= 11 is 6.99. The summed E-state index contributed by atoms with van der Waals surface area (Å²) in [6, 6.07) is 8.39. The number of methoxy groups -OCH3 is 1. The van der Waals surface area contributed by atoms with Crippen molar-refractivity contribution in [3.8, 4) is 6.07 Å². The van der Waals surface area contributed by atoms with Crippen LogP contribution in [0.5, 0.6) is 0 Å². The number of ether oxygens (including phenoxy) is 1. The molecule has 0 fully saturated rings. The van der Waals surface area contributed by atoms with Crippen molar-refractivity contribution >= 4 is 37.5 Å². The van der Waals surface area contributed by atoms with E-state index in [0.29, 0.717) is 13.0 Å². The van der Waals surface area contributed by atoms with E-state index in [4.69, 9.17) is 10.00 Å². The van der Waals surface area contributed by atoms with E-state index in [0.717, 1.165) is 28.6 Å². The number of anilines is 1. The Balaban J connectivity index is 2.94. The molecule has 98 valence electrons. The standard InChI is InChI=1S/C13H16Br2N2O/c1-18-8-7-17(6-2-5-16)13-9-12(15)4-3-11(13)10-14/h3-4,9H,2,6-8,10H2,1H3. The topological polar surface area (TPSA) is 36.3 Å². The highest BCUT2D eigenvalue weighted by Gasteiger charge is 2.11. The van der Waals surface area contributed by atoms with E-state index < -0.39 is 0 Å². The van der Waals surface area contributed by atoms with Crippen LogP contribution in [0.4, 0.5) is 5.69 Å². The van der Waals surface area contributed by atoms with Gasteiger partial charge in [-0.25, -0.2) is 0 Å². The zero-order valence-electron chi connectivity index (χ0n) is 10.3. The van der Waals surface area contributed by atoms with Gasteiger partial charge in [-0.3, -0.25) is 0 Å². The molecule has 1 aromatic rings. The fraction of sp³-hybridized carbons (Fsp3) is 0.462. The Bertz CT molecular complexity index is 418. The van der Waals surface area contributed by atoms with Crippen molar-refractivity contribution < 1.29 is 4.74 Å². The van der Waals surface area contributed by atoms with Gasteiger partial charge >= 0.3 is 0 Å². The molecule has 0 aliphatic rings. The summed E-state index contributed by atoms with van der Waals surface area (Å²) in [5.74, 6) is 0. The molecule has 0 unspecified atom stereocenters. The Kier molecular flexibility index (Phi) is 7.33. The van der Waals surface area contributed by atoms with Crippen LogP contribution >= 0.6 is 31.9 Å². The quantitative estimate of drug-likeness (QED) is 0.681. The monoisotopic (exact) mass is 374 g/mol. The maximum atomic E-state index is 8.74. The molecule has 1 aromatic carbocycles. The van der Waals surface area contributed by atoms with Gasteiger partial charge in [-0.05, 0) is 17.7 Å². The van der Waals surface area contributed by atoms with E-state index in [1.165, 1.54) is 5.56 Å². The van der Waals surface area contributed by atoms with Gasteiger partial charge in [0.15, 0.2) is 0 Å². The third-order valence-corrected chi connectivity index (χ3v) is 3.69. The third kappa shape index (κ3) is 4.60. The number of hydrogen-bond donors (Lipinski definition) is 0. The molecule has 3 nitrogen and oxygen atoms in total. The van der Waals surface area contributed by atoms with Gasteiger partial charge < -0.3 is 9.64 Å². The van der Waals surface area contributed by atoms with Gasteiger partial charge in [-0.2, -0.15) is 5.26 Å². The molecule has 0 aliphatic carbocycles. The summed E-state index contributed by atoms with van der Waals surface area (Å²) in [6.07, 6.45) is 0.512. The lowest BCUT2D eigenvalue weighted by Gasteiger charge is -2.26. The van der Waals surface area contributed by atoms with Gasteiger partial charge in [0.25, 0.3) is 0 Å². The van der Waals surface area contributed by atoms with Crippen LogP contribution in [0.3, 0.4) is 0 Å². The van der Waals surface area contributed by atoms with Crippen molar-refractivity contribution in [2.45, 2.75) is 11.8 Å². The zero-order valence-corrected chi connectivity index (χ0v) is 13.5.